The fourth-order valence-corrected chi connectivity index (χ4v) is 3.77. The Morgan fingerprint density at radius 2 is 1.83 bits per heavy atom. The Morgan fingerprint density at radius 3 is 2.33 bits per heavy atom. The van der Waals surface area contributed by atoms with E-state index in [2.05, 4.69) is 22.5 Å². The molecule has 0 unspecified atom stereocenters. The van der Waals surface area contributed by atoms with Crippen molar-refractivity contribution in [3.05, 3.63) is 29.8 Å². The van der Waals surface area contributed by atoms with Crippen LogP contribution in [-0.2, 0) is 16.6 Å². The molecule has 1 saturated carbocycles. The third kappa shape index (κ3) is 4.95. The summed E-state index contributed by atoms with van der Waals surface area (Å²) in [6.07, 6.45) is 6.38. The first-order valence-corrected chi connectivity index (χ1v) is 9.99. The van der Waals surface area contributed by atoms with Crippen molar-refractivity contribution >= 4 is 16.0 Å². The first-order valence-electron chi connectivity index (χ1n) is 8.45. The van der Waals surface area contributed by atoms with Gasteiger partial charge in [-0.1, -0.05) is 31.9 Å². The van der Waals surface area contributed by atoms with Crippen LogP contribution in [0.1, 0.15) is 44.6 Å². The van der Waals surface area contributed by atoms with Crippen LogP contribution in [0.3, 0.4) is 0 Å². The second-order valence-electron chi connectivity index (χ2n) is 6.53. The number of nitrogens with two attached hydrogens (primary N) is 1. The van der Waals surface area contributed by atoms with Crippen LogP contribution >= 0.6 is 0 Å². The molecular weight excluding hydrogens is 324 g/mol. The van der Waals surface area contributed by atoms with Crippen LogP contribution in [-0.4, -0.2) is 28.0 Å². The van der Waals surface area contributed by atoms with Crippen LogP contribution in [0.25, 0.3) is 0 Å². The van der Waals surface area contributed by atoms with Crippen molar-refractivity contribution in [1.29, 1.82) is 0 Å². The molecule has 0 aliphatic heterocycles. The third-order valence-electron chi connectivity index (χ3n) is 4.98. The highest BCUT2D eigenvalue weighted by Gasteiger charge is 2.31. The largest absolute Gasteiger partial charge is 0.356 e. The van der Waals surface area contributed by atoms with E-state index in [-0.39, 0.29) is 4.90 Å². The van der Waals surface area contributed by atoms with Crippen LogP contribution in [0.2, 0.25) is 0 Å². The van der Waals surface area contributed by atoms with Gasteiger partial charge in [-0.05, 0) is 42.4 Å². The SMILES string of the molecule is CCC1(CNC(=NC)NCc2ccc(S(N)(=O)=O)cc2)CCCC1. The lowest BCUT2D eigenvalue weighted by Crippen LogP contribution is -2.42. The molecule has 4 N–H and O–H groups in total. The van der Waals surface area contributed by atoms with Gasteiger partial charge in [0, 0.05) is 20.1 Å². The summed E-state index contributed by atoms with van der Waals surface area (Å²) in [4.78, 5) is 4.39. The summed E-state index contributed by atoms with van der Waals surface area (Å²) in [5.74, 6) is 0.769. The molecule has 0 atom stereocenters. The van der Waals surface area contributed by atoms with E-state index in [9.17, 15) is 8.42 Å². The fourth-order valence-electron chi connectivity index (χ4n) is 3.25. The van der Waals surface area contributed by atoms with Crippen LogP contribution in [0.15, 0.2) is 34.2 Å². The van der Waals surface area contributed by atoms with E-state index in [1.807, 2.05) is 0 Å². The van der Waals surface area contributed by atoms with Gasteiger partial charge in [-0.3, -0.25) is 4.99 Å². The van der Waals surface area contributed by atoms with Gasteiger partial charge in [0.1, 0.15) is 0 Å². The molecule has 134 valence electrons. The highest BCUT2D eigenvalue weighted by molar-refractivity contribution is 7.89. The van der Waals surface area contributed by atoms with Gasteiger partial charge in [0.05, 0.1) is 4.90 Å². The average Bonchev–Trinajstić information content (AvgIpc) is 3.04. The zero-order valence-corrected chi connectivity index (χ0v) is 15.3. The van der Waals surface area contributed by atoms with Crippen molar-refractivity contribution in [3.8, 4) is 0 Å². The lowest BCUT2D eigenvalue weighted by atomic mass is 9.83. The van der Waals surface area contributed by atoms with Crippen LogP contribution < -0.4 is 15.8 Å². The minimum atomic E-state index is -3.64. The number of aliphatic imine (C=N–C) groups is 1. The molecule has 1 aliphatic carbocycles. The fraction of sp³-hybridized carbons (Fsp3) is 0.588. The molecule has 1 aromatic rings. The van der Waals surface area contributed by atoms with Gasteiger partial charge in [-0.2, -0.15) is 0 Å². The second-order valence-corrected chi connectivity index (χ2v) is 8.09. The number of rotatable bonds is 6. The smallest absolute Gasteiger partial charge is 0.238 e. The predicted molar refractivity (Wildman–Crippen MR) is 97.2 cm³/mol. The lowest BCUT2D eigenvalue weighted by Gasteiger charge is -2.28. The number of sulfonamides is 1. The topological polar surface area (TPSA) is 96.6 Å². The van der Waals surface area contributed by atoms with Gasteiger partial charge in [0.15, 0.2) is 5.96 Å². The van der Waals surface area contributed by atoms with E-state index in [4.69, 9.17) is 5.14 Å². The summed E-state index contributed by atoms with van der Waals surface area (Å²) < 4.78 is 22.5. The quantitative estimate of drug-likeness (QED) is 0.539. The van der Waals surface area contributed by atoms with Crippen molar-refractivity contribution in [1.82, 2.24) is 10.6 Å². The van der Waals surface area contributed by atoms with Crippen LogP contribution in [0, 0.1) is 5.41 Å². The standard InChI is InChI=1S/C17H28N4O2S/c1-3-17(10-4-5-11-17)13-21-16(19-2)20-12-14-6-8-15(9-7-14)24(18,22)23/h6-9H,3-5,10-13H2,1-2H3,(H2,18,22,23)(H2,19,20,21). The number of primary sulfonamides is 1. The molecule has 7 heteroatoms. The van der Waals surface area contributed by atoms with Crippen molar-refractivity contribution in [2.75, 3.05) is 13.6 Å². The van der Waals surface area contributed by atoms with E-state index in [0.717, 1.165) is 18.1 Å². The van der Waals surface area contributed by atoms with Gasteiger partial charge in [-0.15, -0.1) is 0 Å². The van der Waals surface area contributed by atoms with Crippen molar-refractivity contribution in [2.24, 2.45) is 15.5 Å². The molecule has 0 saturated heterocycles. The van der Waals surface area contributed by atoms with E-state index in [0.29, 0.717) is 12.0 Å². The maximum absolute atomic E-state index is 11.3. The maximum atomic E-state index is 11.3. The maximum Gasteiger partial charge on any atom is 0.238 e. The van der Waals surface area contributed by atoms with Gasteiger partial charge >= 0.3 is 0 Å². The zero-order chi connectivity index (χ0) is 17.6. The summed E-state index contributed by atoms with van der Waals surface area (Å²) in [6, 6.07) is 6.55. The van der Waals surface area contributed by atoms with Crippen molar-refractivity contribution < 1.29 is 8.42 Å². The summed E-state index contributed by atoms with van der Waals surface area (Å²) in [6.45, 7) is 3.77. The molecule has 0 bridgehead atoms. The Bertz CT molecular complexity index is 662. The molecule has 24 heavy (non-hydrogen) atoms. The van der Waals surface area contributed by atoms with Crippen LogP contribution in [0.4, 0.5) is 0 Å². The first kappa shape index (κ1) is 18.7. The molecule has 1 aromatic carbocycles. The van der Waals surface area contributed by atoms with Gasteiger partial charge in [0.25, 0.3) is 0 Å². The molecule has 0 aromatic heterocycles. The van der Waals surface area contributed by atoms with Gasteiger partial charge in [0.2, 0.25) is 10.0 Å². The number of nitrogens with one attached hydrogen (secondary N) is 2. The summed E-state index contributed by atoms with van der Waals surface area (Å²) in [5.41, 5.74) is 1.37. The molecule has 2 rings (SSSR count). The Balaban J connectivity index is 1.87. The molecule has 0 heterocycles. The minimum absolute atomic E-state index is 0.125. The highest BCUT2D eigenvalue weighted by Crippen LogP contribution is 2.40. The van der Waals surface area contributed by atoms with E-state index in [1.54, 1.807) is 19.2 Å². The summed E-state index contributed by atoms with van der Waals surface area (Å²) >= 11 is 0. The molecule has 0 spiro atoms. The summed E-state index contributed by atoms with van der Waals surface area (Å²) in [7, 11) is -1.88. The number of hydrogen-bond acceptors (Lipinski definition) is 3. The molecule has 1 aliphatic rings. The number of benzene rings is 1. The first-order chi connectivity index (χ1) is 11.4. The van der Waals surface area contributed by atoms with Crippen molar-refractivity contribution in [2.45, 2.75) is 50.5 Å². The Labute approximate surface area is 145 Å². The highest BCUT2D eigenvalue weighted by atomic mass is 32.2. The van der Waals surface area contributed by atoms with Gasteiger partial charge < -0.3 is 10.6 Å². The monoisotopic (exact) mass is 352 g/mol. The molecule has 1 fully saturated rings. The van der Waals surface area contributed by atoms with E-state index >= 15 is 0 Å². The van der Waals surface area contributed by atoms with E-state index in [1.165, 1.54) is 44.2 Å². The van der Waals surface area contributed by atoms with Crippen molar-refractivity contribution in [3.63, 3.8) is 0 Å². The molecule has 0 amide bonds. The second kappa shape index (κ2) is 7.98. The average molecular weight is 353 g/mol. The van der Waals surface area contributed by atoms with Gasteiger partial charge in [-0.25, -0.2) is 13.6 Å². The minimum Gasteiger partial charge on any atom is -0.356 e. The zero-order valence-electron chi connectivity index (χ0n) is 14.5. The normalized spacial score (nSPS) is 17.7. The Kier molecular flexibility index (Phi) is 6.23. The third-order valence-corrected chi connectivity index (χ3v) is 5.91. The molecular formula is C17H28N4O2S. The predicted octanol–water partition coefficient (Wildman–Crippen LogP) is 1.97. The number of nitrogens with zero attached hydrogens (tertiary/aromatic N) is 1. The Hall–Kier alpha value is -1.60. The molecule has 0 radical (unpaired) electrons. The van der Waals surface area contributed by atoms with E-state index < -0.39 is 10.0 Å². The van der Waals surface area contributed by atoms with Crippen LogP contribution in [0.5, 0.6) is 0 Å². The molecule has 6 nitrogen and oxygen atoms in total. The summed E-state index contributed by atoms with van der Waals surface area (Å²) in [5, 5.41) is 11.8. The number of hydrogen-bond donors (Lipinski definition) is 3. The Morgan fingerprint density at radius 1 is 1.21 bits per heavy atom. The number of guanidine groups is 1. The lowest BCUT2D eigenvalue weighted by molar-refractivity contribution is 0.283.